The molecule has 0 spiro atoms. The molecule has 0 unspecified atom stereocenters. The van der Waals surface area contributed by atoms with Crippen molar-refractivity contribution in [2.24, 2.45) is 0 Å². The number of pyridine rings is 1. The van der Waals surface area contributed by atoms with Gasteiger partial charge in [0, 0.05) is 17.8 Å². The molecule has 2 rings (SSSR count). The zero-order valence-electron chi connectivity index (χ0n) is 7.78. The number of halogens is 2. The van der Waals surface area contributed by atoms with Crippen molar-refractivity contribution in [3.63, 3.8) is 0 Å². The van der Waals surface area contributed by atoms with Crippen LogP contribution in [-0.2, 0) is 0 Å². The first-order chi connectivity index (χ1) is 7.65. The molecule has 1 N–H and O–H groups in total. The van der Waals surface area contributed by atoms with Crippen LogP contribution in [0.3, 0.4) is 0 Å². The van der Waals surface area contributed by atoms with E-state index < -0.39 is 11.9 Å². The molecule has 2 aromatic rings. The Morgan fingerprint density at radius 1 is 1.50 bits per heavy atom. The molecule has 1 amide bonds. The molecule has 0 saturated heterocycles. The topological polar surface area (TPSA) is 54.9 Å². The molecule has 0 aliphatic heterocycles. The lowest BCUT2D eigenvalue weighted by atomic mass is 10.2. The highest BCUT2D eigenvalue weighted by molar-refractivity contribution is 9.11. The number of anilines is 1. The van der Waals surface area contributed by atoms with Crippen molar-refractivity contribution in [1.29, 1.82) is 0 Å². The molecule has 4 nitrogen and oxygen atoms in total. The molecule has 0 aliphatic carbocycles. The second-order valence-electron chi connectivity index (χ2n) is 2.79. The van der Waals surface area contributed by atoms with Gasteiger partial charge in [-0.2, -0.15) is 4.39 Å². The van der Waals surface area contributed by atoms with Crippen LogP contribution >= 0.6 is 27.3 Å². The standard InChI is InChI=1S/C9H5BrFN3OS/c10-6-4-13-9(16-6)14-8(15)5-1-2-12-7(11)3-5/h1-4H,(H,13,14,15). The van der Waals surface area contributed by atoms with E-state index in [1.165, 1.54) is 23.6 Å². The van der Waals surface area contributed by atoms with Crippen LogP contribution in [0.15, 0.2) is 28.3 Å². The van der Waals surface area contributed by atoms with Crippen molar-refractivity contribution in [2.45, 2.75) is 0 Å². The summed E-state index contributed by atoms with van der Waals surface area (Å²) >= 11 is 4.50. The maximum absolute atomic E-state index is 12.8. The number of carbonyl (C=O) groups is 1. The summed E-state index contributed by atoms with van der Waals surface area (Å²) in [5.41, 5.74) is 0.207. The Kier molecular flexibility index (Phi) is 3.25. The van der Waals surface area contributed by atoms with Crippen LogP contribution in [0.5, 0.6) is 0 Å². The van der Waals surface area contributed by atoms with Crippen LogP contribution < -0.4 is 5.32 Å². The number of thiazole rings is 1. The van der Waals surface area contributed by atoms with E-state index in [0.717, 1.165) is 9.85 Å². The Morgan fingerprint density at radius 2 is 2.31 bits per heavy atom. The van der Waals surface area contributed by atoms with Gasteiger partial charge in [-0.25, -0.2) is 9.97 Å². The van der Waals surface area contributed by atoms with Gasteiger partial charge in [-0.05, 0) is 22.0 Å². The highest BCUT2D eigenvalue weighted by Crippen LogP contribution is 2.23. The number of hydrogen-bond acceptors (Lipinski definition) is 4. The Morgan fingerprint density at radius 3 is 2.94 bits per heavy atom. The summed E-state index contributed by atoms with van der Waals surface area (Å²) in [5.74, 6) is -1.10. The molecule has 7 heteroatoms. The van der Waals surface area contributed by atoms with E-state index >= 15 is 0 Å². The highest BCUT2D eigenvalue weighted by atomic mass is 79.9. The van der Waals surface area contributed by atoms with Gasteiger partial charge >= 0.3 is 0 Å². The Labute approximate surface area is 103 Å². The number of amides is 1. The fourth-order valence-electron chi connectivity index (χ4n) is 1.03. The molecule has 16 heavy (non-hydrogen) atoms. The lowest BCUT2D eigenvalue weighted by Crippen LogP contribution is -2.12. The third-order valence-corrected chi connectivity index (χ3v) is 3.08. The number of carbonyl (C=O) groups excluding carboxylic acids is 1. The Balaban J connectivity index is 2.14. The predicted molar refractivity (Wildman–Crippen MR) is 62.0 cm³/mol. The van der Waals surface area contributed by atoms with Crippen molar-refractivity contribution in [1.82, 2.24) is 9.97 Å². The Bertz CT molecular complexity index is 531. The fraction of sp³-hybridized carbons (Fsp3) is 0. The van der Waals surface area contributed by atoms with E-state index in [0.29, 0.717) is 5.13 Å². The number of aromatic nitrogens is 2. The normalized spacial score (nSPS) is 10.1. The van der Waals surface area contributed by atoms with Gasteiger partial charge < -0.3 is 0 Å². The van der Waals surface area contributed by atoms with E-state index in [2.05, 4.69) is 31.2 Å². The molecule has 82 valence electrons. The van der Waals surface area contributed by atoms with Crippen LogP contribution in [0.1, 0.15) is 10.4 Å². The average molecular weight is 302 g/mol. The Hall–Kier alpha value is -1.34. The van der Waals surface area contributed by atoms with Crippen molar-refractivity contribution in [2.75, 3.05) is 5.32 Å². The van der Waals surface area contributed by atoms with E-state index in [9.17, 15) is 9.18 Å². The quantitative estimate of drug-likeness (QED) is 0.868. The van der Waals surface area contributed by atoms with Crippen LogP contribution in [0.2, 0.25) is 0 Å². The lowest BCUT2D eigenvalue weighted by Gasteiger charge is -2.00. The second-order valence-corrected chi connectivity index (χ2v) is 5.20. The van der Waals surface area contributed by atoms with Crippen LogP contribution in [0, 0.1) is 5.95 Å². The van der Waals surface area contributed by atoms with Gasteiger partial charge in [0.05, 0.1) is 9.98 Å². The molecule has 0 bridgehead atoms. The maximum Gasteiger partial charge on any atom is 0.257 e. The molecule has 2 aromatic heterocycles. The molecule has 0 radical (unpaired) electrons. The van der Waals surface area contributed by atoms with Gasteiger partial charge in [0.2, 0.25) is 5.95 Å². The molecular formula is C9H5BrFN3OS. The van der Waals surface area contributed by atoms with E-state index in [1.54, 1.807) is 6.20 Å². The molecule has 0 aliphatic rings. The van der Waals surface area contributed by atoms with Crippen LogP contribution in [0.25, 0.3) is 0 Å². The first-order valence-corrected chi connectivity index (χ1v) is 5.80. The van der Waals surface area contributed by atoms with Gasteiger partial charge in [-0.3, -0.25) is 10.1 Å². The van der Waals surface area contributed by atoms with Crippen molar-refractivity contribution >= 4 is 38.3 Å². The largest absolute Gasteiger partial charge is 0.298 e. The molecular weight excluding hydrogens is 297 g/mol. The first kappa shape index (κ1) is 11.2. The monoisotopic (exact) mass is 301 g/mol. The molecule has 0 atom stereocenters. The molecule has 0 fully saturated rings. The van der Waals surface area contributed by atoms with Crippen molar-refractivity contribution in [3.05, 3.63) is 39.8 Å². The van der Waals surface area contributed by atoms with E-state index in [-0.39, 0.29) is 5.56 Å². The number of nitrogens with one attached hydrogen (secondary N) is 1. The summed E-state index contributed by atoms with van der Waals surface area (Å²) in [6.45, 7) is 0. The van der Waals surface area contributed by atoms with Crippen molar-refractivity contribution in [3.8, 4) is 0 Å². The van der Waals surface area contributed by atoms with E-state index in [1.807, 2.05) is 0 Å². The van der Waals surface area contributed by atoms with E-state index in [4.69, 9.17) is 0 Å². The first-order valence-electron chi connectivity index (χ1n) is 4.19. The van der Waals surface area contributed by atoms with Crippen molar-refractivity contribution < 1.29 is 9.18 Å². The summed E-state index contributed by atoms with van der Waals surface area (Å²) in [4.78, 5) is 18.9. The maximum atomic E-state index is 12.8. The minimum Gasteiger partial charge on any atom is -0.298 e. The number of hydrogen-bond donors (Lipinski definition) is 1. The third-order valence-electron chi connectivity index (χ3n) is 1.69. The summed E-state index contributed by atoms with van der Waals surface area (Å²) in [7, 11) is 0. The highest BCUT2D eigenvalue weighted by Gasteiger charge is 2.09. The van der Waals surface area contributed by atoms with Gasteiger partial charge in [0.1, 0.15) is 0 Å². The lowest BCUT2D eigenvalue weighted by molar-refractivity contribution is 0.102. The zero-order valence-corrected chi connectivity index (χ0v) is 10.2. The zero-order chi connectivity index (χ0) is 11.5. The van der Waals surface area contributed by atoms with Gasteiger partial charge in [-0.1, -0.05) is 11.3 Å². The summed E-state index contributed by atoms with van der Waals surface area (Å²) in [5, 5.41) is 3.00. The van der Waals surface area contributed by atoms with Crippen LogP contribution in [0.4, 0.5) is 9.52 Å². The molecule has 0 aromatic carbocycles. The third kappa shape index (κ3) is 2.61. The van der Waals surface area contributed by atoms with Gasteiger partial charge in [-0.15, -0.1) is 0 Å². The SMILES string of the molecule is O=C(Nc1ncc(Br)s1)c1ccnc(F)c1. The summed E-state index contributed by atoms with van der Waals surface area (Å²) < 4.78 is 13.6. The molecule has 2 heterocycles. The number of nitrogens with zero attached hydrogens (tertiary/aromatic N) is 2. The molecule has 0 saturated carbocycles. The minimum atomic E-state index is -0.687. The summed E-state index contributed by atoms with van der Waals surface area (Å²) in [6, 6.07) is 2.50. The minimum absolute atomic E-state index is 0.207. The fourth-order valence-corrected chi connectivity index (χ4v) is 2.13. The van der Waals surface area contributed by atoms with Crippen LogP contribution in [-0.4, -0.2) is 15.9 Å². The summed E-state index contributed by atoms with van der Waals surface area (Å²) in [6.07, 6.45) is 2.81. The van der Waals surface area contributed by atoms with Gasteiger partial charge in [0.15, 0.2) is 5.13 Å². The van der Waals surface area contributed by atoms with Gasteiger partial charge in [0.25, 0.3) is 5.91 Å². The number of rotatable bonds is 2. The smallest absolute Gasteiger partial charge is 0.257 e. The average Bonchev–Trinajstić information content (AvgIpc) is 2.64. The predicted octanol–water partition coefficient (Wildman–Crippen LogP) is 2.69. The second kappa shape index (κ2) is 4.67.